The van der Waals surface area contributed by atoms with Crippen LogP contribution in [0.15, 0.2) is 72.9 Å². The fourth-order valence-corrected chi connectivity index (χ4v) is 6.87. The Hall–Kier alpha value is -3.15. The lowest BCUT2D eigenvalue weighted by atomic mass is 10.1. The maximum atomic E-state index is 12.7. The number of ether oxygens (including phenoxy) is 3. The fraction of sp³-hybridized carbons (Fsp3) is 0.727. The summed E-state index contributed by atoms with van der Waals surface area (Å²) in [5.41, 5.74) is 0. The quantitative estimate of drug-likeness (QED) is 0.0263. The van der Waals surface area contributed by atoms with E-state index in [0.717, 1.165) is 109 Å². The molecule has 0 N–H and O–H groups in total. The van der Waals surface area contributed by atoms with Gasteiger partial charge < -0.3 is 14.2 Å². The van der Waals surface area contributed by atoms with Crippen LogP contribution >= 0.6 is 0 Å². The zero-order valence-electron chi connectivity index (χ0n) is 39.9. The Morgan fingerprint density at radius 2 is 0.639 bits per heavy atom. The molecule has 1 unspecified atom stereocenters. The monoisotopic (exact) mass is 851 g/mol. The molecule has 0 amide bonds. The molecule has 350 valence electrons. The molecule has 0 saturated heterocycles. The van der Waals surface area contributed by atoms with Crippen LogP contribution in [0.3, 0.4) is 0 Å². The molecule has 0 aromatic heterocycles. The summed E-state index contributed by atoms with van der Waals surface area (Å²) < 4.78 is 16.6. The first-order chi connectivity index (χ1) is 30.0. The van der Waals surface area contributed by atoms with Crippen molar-refractivity contribution in [2.75, 3.05) is 13.2 Å². The number of carbonyl (C=O) groups excluding carboxylic acids is 3. The molecular weight excluding hydrogens is 757 g/mol. The average Bonchev–Trinajstić information content (AvgIpc) is 3.26. The summed E-state index contributed by atoms with van der Waals surface area (Å²) in [4.78, 5) is 37.6. The third-order valence-corrected chi connectivity index (χ3v) is 10.7. The van der Waals surface area contributed by atoms with Crippen molar-refractivity contribution < 1.29 is 28.6 Å². The molecule has 0 saturated carbocycles. The summed E-state index contributed by atoms with van der Waals surface area (Å²) in [6.07, 6.45) is 62.1. The van der Waals surface area contributed by atoms with E-state index in [9.17, 15) is 14.4 Å². The lowest BCUT2D eigenvalue weighted by Gasteiger charge is -2.18. The second kappa shape index (κ2) is 49.5. The second-order valence-corrected chi connectivity index (χ2v) is 16.7. The van der Waals surface area contributed by atoms with Gasteiger partial charge in [0.25, 0.3) is 0 Å². The second-order valence-electron chi connectivity index (χ2n) is 16.7. The van der Waals surface area contributed by atoms with Crippen molar-refractivity contribution in [1.82, 2.24) is 0 Å². The summed E-state index contributed by atoms with van der Waals surface area (Å²) in [5.74, 6) is -0.930. The topological polar surface area (TPSA) is 78.9 Å². The van der Waals surface area contributed by atoms with Crippen molar-refractivity contribution in [3.63, 3.8) is 0 Å². The van der Waals surface area contributed by atoms with Crippen LogP contribution in [-0.2, 0) is 28.6 Å². The highest BCUT2D eigenvalue weighted by atomic mass is 16.6. The van der Waals surface area contributed by atoms with Crippen molar-refractivity contribution in [3.8, 4) is 0 Å². The van der Waals surface area contributed by atoms with Gasteiger partial charge in [0, 0.05) is 19.3 Å². The minimum Gasteiger partial charge on any atom is -0.462 e. The van der Waals surface area contributed by atoms with Crippen molar-refractivity contribution in [2.24, 2.45) is 0 Å². The Bertz CT molecular complexity index is 1160. The van der Waals surface area contributed by atoms with Gasteiger partial charge in [-0.3, -0.25) is 14.4 Å². The minimum atomic E-state index is -0.786. The van der Waals surface area contributed by atoms with Gasteiger partial charge in [-0.1, -0.05) is 203 Å². The van der Waals surface area contributed by atoms with Crippen LogP contribution in [0.1, 0.15) is 239 Å². The predicted molar refractivity (Wildman–Crippen MR) is 261 cm³/mol. The van der Waals surface area contributed by atoms with Crippen molar-refractivity contribution in [1.29, 1.82) is 0 Å². The van der Waals surface area contributed by atoms with E-state index in [1.807, 2.05) is 0 Å². The Labute approximate surface area is 376 Å². The highest BCUT2D eigenvalue weighted by Gasteiger charge is 2.19. The van der Waals surface area contributed by atoms with E-state index in [0.29, 0.717) is 19.3 Å². The molecule has 0 aliphatic rings. The van der Waals surface area contributed by atoms with Gasteiger partial charge in [0.1, 0.15) is 13.2 Å². The number of carbonyl (C=O) groups is 3. The smallest absolute Gasteiger partial charge is 0.306 e. The van der Waals surface area contributed by atoms with Gasteiger partial charge in [0.15, 0.2) is 6.10 Å². The molecule has 6 heteroatoms. The van der Waals surface area contributed by atoms with Gasteiger partial charge in [0.05, 0.1) is 0 Å². The van der Waals surface area contributed by atoms with Crippen LogP contribution in [0.25, 0.3) is 0 Å². The first-order valence-electron chi connectivity index (χ1n) is 25.4. The van der Waals surface area contributed by atoms with Gasteiger partial charge in [-0.2, -0.15) is 0 Å². The van der Waals surface area contributed by atoms with Crippen LogP contribution in [0.4, 0.5) is 0 Å². The van der Waals surface area contributed by atoms with Gasteiger partial charge >= 0.3 is 17.9 Å². The van der Waals surface area contributed by atoms with E-state index < -0.39 is 6.10 Å². The molecule has 61 heavy (non-hydrogen) atoms. The number of allylic oxidation sites excluding steroid dienone is 12. The number of esters is 3. The van der Waals surface area contributed by atoms with E-state index in [-0.39, 0.29) is 31.1 Å². The van der Waals surface area contributed by atoms with Crippen molar-refractivity contribution in [2.45, 2.75) is 245 Å². The Morgan fingerprint density at radius 1 is 0.344 bits per heavy atom. The molecule has 0 aliphatic carbocycles. The molecule has 0 rings (SSSR count). The summed E-state index contributed by atoms with van der Waals surface area (Å²) in [6.45, 7) is 6.40. The number of hydrogen-bond acceptors (Lipinski definition) is 6. The van der Waals surface area contributed by atoms with Gasteiger partial charge in [-0.25, -0.2) is 0 Å². The Kier molecular flexibility index (Phi) is 46.9. The normalized spacial score (nSPS) is 12.6. The van der Waals surface area contributed by atoms with Crippen molar-refractivity contribution >= 4 is 17.9 Å². The molecule has 6 nitrogen and oxygen atoms in total. The largest absolute Gasteiger partial charge is 0.462 e. The summed E-state index contributed by atoms with van der Waals surface area (Å²) in [5, 5.41) is 0. The van der Waals surface area contributed by atoms with Crippen LogP contribution in [0, 0.1) is 0 Å². The molecule has 1 atom stereocenters. The first kappa shape index (κ1) is 57.9. The van der Waals surface area contributed by atoms with E-state index in [1.54, 1.807) is 0 Å². The Morgan fingerprint density at radius 3 is 1.00 bits per heavy atom. The molecular formula is C55H94O6. The SMILES string of the molecule is CC/C=C\C/C=C\C/C=C\C/C=C\CCCCCCC(=O)OC(COC(=O)CCCCCCC)COC(=O)CCCCCCCCCCC/C=C\C/C=C\CCCCCCC. The van der Waals surface area contributed by atoms with E-state index in [1.165, 1.54) is 89.9 Å². The zero-order chi connectivity index (χ0) is 44.4. The van der Waals surface area contributed by atoms with Crippen LogP contribution in [0.2, 0.25) is 0 Å². The molecule has 0 aromatic carbocycles. The maximum Gasteiger partial charge on any atom is 0.306 e. The third kappa shape index (κ3) is 47.7. The summed E-state index contributed by atoms with van der Waals surface area (Å²) in [7, 11) is 0. The van der Waals surface area contributed by atoms with Crippen LogP contribution in [-0.4, -0.2) is 37.2 Å². The maximum absolute atomic E-state index is 12.7. The van der Waals surface area contributed by atoms with Gasteiger partial charge in [-0.05, 0) is 89.9 Å². The lowest BCUT2D eigenvalue weighted by molar-refractivity contribution is -0.167. The van der Waals surface area contributed by atoms with E-state index in [4.69, 9.17) is 14.2 Å². The standard InChI is InChI=1S/C55H94O6/c1-4-7-10-13-15-17-19-21-23-25-26-27-28-30-31-33-35-37-39-42-45-48-54(57)60-51-52(50-59-53(56)47-44-41-12-9-6-3)61-55(58)49-46-43-40-38-36-34-32-29-24-22-20-18-16-14-11-8-5-2/h8,11,16,18-19,21-22,24-26,32,34,52H,4-7,9-10,12-15,17,20,23,27-31,33,35-51H2,1-3H3/b11-8-,18-16-,21-19-,24-22-,26-25-,34-32-. The van der Waals surface area contributed by atoms with E-state index >= 15 is 0 Å². The lowest BCUT2D eigenvalue weighted by Crippen LogP contribution is -2.30. The average molecular weight is 851 g/mol. The molecule has 0 heterocycles. The Balaban J connectivity index is 4.20. The number of rotatable bonds is 45. The molecule has 0 fully saturated rings. The highest BCUT2D eigenvalue weighted by Crippen LogP contribution is 2.14. The van der Waals surface area contributed by atoms with Crippen LogP contribution < -0.4 is 0 Å². The fourth-order valence-electron chi connectivity index (χ4n) is 6.87. The van der Waals surface area contributed by atoms with E-state index in [2.05, 4.69) is 93.7 Å². The molecule has 0 bridgehead atoms. The molecule has 0 radical (unpaired) electrons. The number of unbranched alkanes of at least 4 members (excludes halogenated alkanes) is 22. The first-order valence-corrected chi connectivity index (χ1v) is 25.4. The summed E-state index contributed by atoms with van der Waals surface area (Å²) in [6, 6.07) is 0. The molecule has 0 aromatic rings. The van der Waals surface area contributed by atoms with Crippen molar-refractivity contribution in [3.05, 3.63) is 72.9 Å². The highest BCUT2D eigenvalue weighted by molar-refractivity contribution is 5.71. The zero-order valence-corrected chi connectivity index (χ0v) is 39.9. The molecule has 0 spiro atoms. The number of hydrogen-bond donors (Lipinski definition) is 0. The summed E-state index contributed by atoms with van der Waals surface area (Å²) >= 11 is 0. The van der Waals surface area contributed by atoms with Crippen LogP contribution in [0.5, 0.6) is 0 Å². The molecule has 0 aliphatic heterocycles. The van der Waals surface area contributed by atoms with Gasteiger partial charge in [0.2, 0.25) is 0 Å². The third-order valence-electron chi connectivity index (χ3n) is 10.7. The minimum absolute atomic E-state index is 0.0880. The predicted octanol–water partition coefficient (Wildman–Crippen LogP) is 16.6. The van der Waals surface area contributed by atoms with Gasteiger partial charge in [-0.15, -0.1) is 0 Å².